The highest BCUT2D eigenvalue weighted by molar-refractivity contribution is 4.66. The summed E-state index contributed by atoms with van der Waals surface area (Å²) < 4.78 is 0. The first kappa shape index (κ1) is 15.9. The number of unbranched alkanes of at least 4 members (excludes halogenated alkanes) is 1. The van der Waals surface area contributed by atoms with Crippen LogP contribution in [0, 0.1) is 5.41 Å². The van der Waals surface area contributed by atoms with E-state index in [-0.39, 0.29) is 0 Å². The molecule has 0 heterocycles. The van der Waals surface area contributed by atoms with Crippen LogP contribution in [0.4, 0.5) is 0 Å². The van der Waals surface area contributed by atoms with Crippen molar-refractivity contribution in [1.82, 2.24) is 10.2 Å². The summed E-state index contributed by atoms with van der Waals surface area (Å²) >= 11 is 0. The van der Waals surface area contributed by atoms with Crippen molar-refractivity contribution < 1.29 is 0 Å². The van der Waals surface area contributed by atoms with Gasteiger partial charge < -0.3 is 10.2 Å². The van der Waals surface area contributed by atoms with E-state index < -0.39 is 0 Å². The SMILES string of the molecule is CCC(CCCCNCC(C)(C)C)N(C)C. The van der Waals surface area contributed by atoms with Gasteiger partial charge in [-0.1, -0.05) is 34.1 Å². The Morgan fingerprint density at radius 3 is 2.19 bits per heavy atom. The molecule has 0 radical (unpaired) electrons. The van der Waals surface area contributed by atoms with Crippen LogP contribution in [-0.2, 0) is 0 Å². The quantitative estimate of drug-likeness (QED) is 0.642. The van der Waals surface area contributed by atoms with E-state index in [1.54, 1.807) is 0 Å². The molecule has 1 atom stereocenters. The number of nitrogens with zero attached hydrogens (tertiary/aromatic N) is 1. The maximum Gasteiger partial charge on any atom is 0.00865 e. The van der Waals surface area contributed by atoms with Crippen LogP contribution in [0.25, 0.3) is 0 Å². The largest absolute Gasteiger partial charge is 0.316 e. The third kappa shape index (κ3) is 9.17. The summed E-state index contributed by atoms with van der Waals surface area (Å²) in [5.74, 6) is 0. The molecule has 2 nitrogen and oxygen atoms in total. The number of nitrogens with one attached hydrogen (secondary N) is 1. The van der Waals surface area contributed by atoms with Crippen molar-refractivity contribution in [3.63, 3.8) is 0 Å². The molecule has 0 aromatic heterocycles. The van der Waals surface area contributed by atoms with E-state index >= 15 is 0 Å². The number of hydrogen-bond donors (Lipinski definition) is 1. The fourth-order valence-electron chi connectivity index (χ4n) is 1.92. The lowest BCUT2D eigenvalue weighted by molar-refractivity contribution is 0.264. The molecule has 0 aliphatic heterocycles. The second-order valence-electron chi connectivity index (χ2n) is 6.26. The zero-order valence-electron chi connectivity index (χ0n) is 12.3. The lowest BCUT2D eigenvalue weighted by Crippen LogP contribution is -2.29. The van der Waals surface area contributed by atoms with Crippen LogP contribution in [-0.4, -0.2) is 38.1 Å². The molecule has 0 bridgehead atoms. The molecular formula is C14H32N2. The van der Waals surface area contributed by atoms with Crippen molar-refractivity contribution >= 4 is 0 Å². The summed E-state index contributed by atoms with van der Waals surface area (Å²) in [6.07, 6.45) is 5.25. The maximum absolute atomic E-state index is 3.53. The van der Waals surface area contributed by atoms with Gasteiger partial charge in [0, 0.05) is 6.04 Å². The van der Waals surface area contributed by atoms with E-state index in [9.17, 15) is 0 Å². The average Bonchev–Trinajstić information content (AvgIpc) is 2.14. The zero-order chi connectivity index (χ0) is 12.6. The molecule has 0 amide bonds. The lowest BCUT2D eigenvalue weighted by atomic mass is 9.97. The minimum atomic E-state index is 0.412. The van der Waals surface area contributed by atoms with Gasteiger partial charge in [0.25, 0.3) is 0 Å². The summed E-state index contributed by atoms with van der Waals surface area (Å²) in [6, 6.07) is 0.766. The van der Waals surface area contributed by atoms with Crippen molar-refractivity contribution in [2.45, 2.75) is 59.4 Å². The Balaban J connectivity index is 3.39. The number of hydrogen-bond acceptors (Lipinski definition) is 2. The fraction of sp³-hybridized carbons (Fsp3) is 1.00. The lowest BCUT2D eigenvalue weighted by Gasteiger charge is -2.23. The summed E-state index contributed by atoms with van der Waals surface area (Å²) in [4.78, 5) is 2.35. The predicted octanol–water partition coefficient (Wildman–Crippen LogP) is 3.13. The van der Waals surface area contributed by atoms with Gasteiger partial charge in [0.15, 0.2) is 0 Å². The summed E-state index contributed by atoms with van der Waals surface area (Å²) in [7, 11) is 4.37. The average molecular weight is 228 g/mol. The Bertz CT molecular complexity index is 159. The van der Waals surface area contributed by atoms with E-state index in [2.05, 4.69) is 52.0 Å². The van der Waals surface area contributed by atoms with Crippen LogP contribution in [0.1, 0.15) is 53.4 Å². The van der Waals surface area contributed by atoms with Crippen molar-refractivity contribution in [2.75, 3.05) is 27.2 Å². The third-order valence-electron chi connectivity index (χ3n) is 3.00. The van der Waals surface area contributed by atoms with Gasteiger partial charge in [0.05, 0.1) is 0 Å². The molecule has 0 aromatic rings. The van der Waals surface area contributed by atoms with Crippen molar-refractivity contribution in [3.8, 4) is 0 Å². The first-order valence-corrected chi connectivity index (χ1v) is 6.74. The molecular weight excluding hydrogens is 196 g/mol. The standard InChI is InChI=1S/C14H32N2/c1-7-13(16(5)6)10-8-9-11-15-12-14(2,3)4/h13,15H,7-12H2,1-6H3. The van der Waals surface area contributed by atoms with E-state index in [0.717, 1.165) is 12.6 Å². The van der Waals surface area contributed by atoms with Crippen LogP contribution in [0.5, 0.6) is 0 Å². The topological polar surface area (TPSA) is 15.3 Å². The minimum Gasteiger partial charge on any atom is -0.316 e. The third-order valence-corrected chi connectivity index (χ3v) is 3.00. The predicted molar refractivity (Wildman–Crippen MR) is 73.9 cm³/mol. The minimum absolute atomic E-state index is 0.412. The molecule has 0 aliphatic rings. The Hall–Kier alpha value is -0.0800. The first-order chi connectivity index (χ1) is 7.37. The Morgan fingerprint density at radius 1 is 1.12 bits per heavy atom. The van der Waals surface area contributed by atoms with Gasteiger partial charge >= 0.3 is 0 Å². The molecule has 0 saturated heterocycles. The summed E-state index contributed by atoms with van der Waals surface area (Å²) in [5, 5.41) is 3.53. The van der Waals surface area contributed by atoms with Gasteiger partial charge in [0.1, 0.15) is 0 Å². The van der Waals surface area contributed by atoms with Crippen LogP contribution >= 0.6 is 0 Å². The smallest absolute Gasteiger partial charge is 0.00865 e. The summed E-state index contributed by atoms with van der Waals surface area (Å²) in [6.45, 7) is 11.4. The highest BCUT2D eigenvalue weighted by Crippen LogP contribution is 2.11. The Morgan fingerprint density at radius 2 is 1.75 bits per heavy atom. The Labute approximate surface area is 103 Å². The molecule has 0 spiro atoms. The second kappa shape index (κ2) is 8.08. The van der Waals surface area contributed by atoms with Gasteiger partial charge in [-0.25, -0.2) is 0 Å². The fourth-order valence-corrected chi connectivity index (χ4v) is 1.92. The molecule has 0 rings (SSSR count). The van der Waals surface area contributed by atoms with Crippen molar-refractivity contribution in [2.24, 2.45) is 5.41 Å². The monoisotopic (exact) mass is 228 g/mol. The van der Waals surface area contributed by atoms with Gasteiger partial charge in [0.2, 0.25) is 0 Å². The molecule has 0 fully saturated rings. The van der Waals surface area contributed by atoms with Gasteiger partial charge in [-0.2, -0.15) is 0 Å². The van der Waals surface area contributed by atoms with Gasteiger partial charge in [-0.15, -0.1) is 0 Å². The molecule has 1 N–H and O–H groups in total. The van der Waals surface area contributed by atoms with Crippen LogP contribution in [0.3, 0.4) is 0 Å². The highest BCUT2D eigenvalue weighted by atomic mass is 15.1. The molecule has 16 heavy (non-hydrogen) atoms. The van der Waals surface area contributed by atoms with Gasteiger partial charge in [-0.05, 0) is 51.9 Å². The molecule has 0 aromatic carbocycles. The van der Waals surface area contributed by atoms with E-state index in [0.29, 0.717) is 5.41 Å². The van der Waals surface area contributed by atoms with Gasteiger partial charge in [-0.3, -0.25) is 0 Å². The van der Waals surface area contributed by atoms with Crippen LogP contribution in [0.2, 0.25) is 0 Å². The van der Waals surface area contributed by atoms with Crippen molar-refractivity contribution in [3.05, 3.63) is 0 Å². The first-order valence-electron chi connectivity index (χ1n) is 6.74. The zero-order valence-corrected chi connectivity index (χ0v) is 12.3. The molecule has 2 heteroatoms. The van der Waals surface area contributed by atoms with Crippen LogP contribution < -0.4 is 5.32 Å². The highest BCUT2D eigenvalue weighted by Gasteiger charge is 2.09. The second-order valence-corrected chi connectivity index (χ2v) is 6.26. The van der Waals surface area contributed by atoms with E-state index in [4.69, 9.17) is 0 Å². The van der Waals surface area contributed by atoms with E-state index in [1.807, 2.05) is 0 Å². The molecule has 0 saturated carbocycles. The normalized spacial score (nSPS) is 14.4. The molecule has 98 valence electrons. The maximum atomic E-state index is 3.53. The van der Waals surface area contributed by atoms with Crippen molar-refractivity contribution in [1.29, 1.82) is 0 Å². The van der Waals surface area contributed by atoms with E-state index in [1.165, 1.54) is 32.2 Å². The molecule has 1 unspecified atom stereocenters. The summed E-state index contributed by atoms with van der Waals surface area (Å²) in [5.41, 5.74) is 0.412. The Kier molecular flexibility index (Phi) is 8.04. The molecule has 0 aliphatic carbocycles. The van der Waals surface area contributed by atoms with Crippen LogP contribution in [0.15, 0.2) is 0 Å². The number of rotatable bonds is 8.